The predicted octanol–water partition coefficient (Wildman–Crippen LogP) is 4.01. The zero-order valence-electron chi connectivity index (χ0n) is 11.4. The van der Waals surface area contributed by atoms with E-state index in [1.54, 1.807) is 6.92 Å². The summed E-state index contributed by atoms with van der Waals surface area (Å²) >= 11 is 2.22. The molecule has 3 nitrogen and oxygen atoms in total. The van der Waals surface area contributed by atoms with Gasteiger partial charge in [-0.05, 0) is 72.8 Å². The van der Waals surface area contributed by atoms with Gasteiger partial charge in [0.15, 0.2) is 6.10 Å². The summed E-state index contributed by atoms with van der Waals surface area (Å²) in [5.41, 5.74) is 1.93. The molecule has 1 amide bonds. The molecule has 0 aliphatic rings. The summed E-state index contributed by atoms with van der Waals surface area (Å²) in [5.74, 6) is 0.535. The molecule has 2 aromatic rings. The fourth-order valence-corrected chi connectivity index (χ4v) is 2.01. The van der Waals surface area contributed by atoms with Gasteiger partial charge in [-0.2, -0.15) is 0 Å². The minimum Gasteiger partial charge on any atom is -0.481 e. The molecule has 104 valence electrons. The number of aryl methyl sites for hydroxylation is 1. The van der Waals surface area contributed by atoms with Gasteiger partial charge in [-0.3, -0.25) is 4.79 Å². The number of ether oxygens (including phenoxy) is 1. The van der Waals surface area contributed by atoms with E-state index < -0.39 is 6.10 Å². The number of rotatable bonds is 4. The number of amides is 1. The lowest BCUT2D eigenvalue weighted by Crippen LogP contribution is -2.30. The lowest BCUT2D eigenvalue weighted by Gasteiger charge is -2.15. The van der Waals surface area contributed by atoms with Crippen molar-refractivity contribution in [1.29, 1.82) is 0 Å². The van der Waals surface area contributed by atoms with Crippen LogP contribution in [0.4, 0.5) is 5.69 Å². The largest absolute Gasteiger partial charge is 0.481 e. The van der Waals surface area contributed by atoms with E-state index in [4.69, 9.17) is 4.74 Å². The van der Waals surface area contributed by atoms with Crippen LogP contribution in [0.25, 0.3) is 0 Å². The maximum absolute atomic E-state index is 12.0. The van der Waals surface area contributed by atoms with Crippen LogP contribution < -0.4 is 10.1 Å². The summed E-state index contributed by atoms with van der Waals surface area (Å²) < 4.78 is 6.74. The maximum atomic E-state index is 12.0. The first-order chi connectivity index (χ1) is 9.54. The normalized spacial score (nSPS) is 11.8. The SMILES string of the molecule is Cc1ccc(O[C@H](C)C(=O)Nc2ccc(I)cc2)cc1. The Bertz CT molecular complexity index is 578. The molecule has 0 radical (unpaired) electrons. The van der Waals surface area contributed by atoms with Crippen molar-refractivity contribution in [2.45, 2.75) is 20.0 Å². The highest BCUT2D eigenvalue weighted by molar-refractivity contribution is 14.1. The number of nitrogens with one attached hydrogen (secondary N) is 1. The molecule has 0 aliphatic carbocycles. The van der Waals surface area contributed by atoms with Gasteiger partial charge in [-0.25, -0.2) is 0 Å². The maximum Gasteiger partial charge on any atom is 0.265 e. The van der Waals surface area contributed by atoms with Gasteiger partial charge in [-0.15, -0.1) is 0 Å². The smallest absolute Gasteiger partial charge is 0.265 e. The second-order valence-corrected chi connectivity index (χ2v) is 5.81. The fourth-order valence-electron chi connectivity index (χ4n) is 1.65. The van der Waals surface area contributed by atoms with Gasteiger partial charge in [0.2, 0.25) is 0 Å². The number of anilines is 1. The minimum atomic E-state index is -0.544. The first kappa shape index (κ1) is 14.8. The Balaban J connectivity index is 1.94. The standard InChI is InChI=1S/C16H16INO2/c1-11-3-9-15(10-4-11)20-12(2)16(19)18-14-7-5-13(17)6-8-14/h3-10,12H,1-2H3,(H,18,19)/t12-/m1/s1. The Morgan fingerprint density at radius 1 is 1.10 bits per heavy atom. The Morgan fingerprint density at radius 3 is 2.30 bits per heavy atom. The van der Waals surface area contributed by atoms with Gasteiger partial charge in [0.25, 0.3) is 5.91 Å². The molecule has 0 fully saturated rings. The van der Waals surface area contributed by atoms with Crippen LogP contribution in [0, 0.1) is 10.5 Å². The highest BCUT2D eigenvalue weighted by Gasteiger charge is 2.14. The third-order valence-corrected chi connectivity index (χ3v) is 3.53. The molecule has 0 heterocycles. The number of carbonyl (C=O) groups is 1. The van der Waals surface area contributed by atoms with Crippen LogP contribution in [0.5, 0.6) is 5.75 Å². The molecule has 0 saturated heterocycles. The van der Waals surface area contributed by atoms with Gasteiger partial charge in [-0.1, -0.05) is 17.7 Å². The molecule has 20 heavy (non-hydrogen) atoms. The van der Waals surface area contributed by atoms with Crippen molar-refractivity contribution < 1.29 is 9.53 Å². The van der Waals surface area contributed by atoms with E-state index in [1.807, 2.05) is 55.5 Å². The average molecular weight is 381 g/mol. The summed E-state index contributed by atoms with van der Waals surface area (Å²) in [6.45, 7) is 3.75. The Kier molecular flexibility index (Phi) is 5.00. The second kappa shape index (κ2) is 6.74. The summed E-state index contributed by atoms with van der Waals surface area (Å²) in [6, 6.07) is 15.3. The molecule has 0 saturated carbocycles. The molecule has 2 rings (SSSR count). The van der Waals surface area contributed by atoms with E-state index in [1.165, 1.54) is 0 Å². The number of benzene rings is 2. The number of hydrogen-bond acceptors (Lipinski definition) is 2. The van der Waals surface area contributed by atoms with Crippen LogP contribution in [0.3, 0.4) is 0 Å². The predicted molar refractivity (Wildman–Crippen MR) is 89.1 cm³/mol. The molecule has 0 aliphatic heterocycles. The summed E-state index contributed by atoms with van der Waals surface area (Å²) in [7, 11) is 0. The van der Waals surface area contributed by atoms with Gasteiger partial charge in [0.1, 0.15) is 5.75 Å². The molecular weight excluding hydrogens is 365 g/mol. The first-order valence-corrected chi connectivity index (χ1v) is 7.42. The van der Waals surface area contributed by atoms with E-state index in [0.717, 1.165) is 14.8 Å². The molecule has 0 aromatic heterocycles. The highest BCUT2D eigenvalue weighted by Crippen LogP contribution is 2.15. The molecule has 2 aromatic carbocycles. The van der Waals surface area contributed by atoms with Crippen molar-refractivity contribution in [3.05, 3.63) is 57.7 Å². The number of carbonyl (C=O) groups excluding carboxylic acids is 1. The van der Waals surface area contributed by atoms with E-state index in [-0.39, 0.29) is 5.91 Å². The number of hydrogen-bond donors (Lipinski definition) is 1. The quantitative estimate of drug-likeness (QED) is 0.813. The van der Waals surface area contributed by atoms with E-state index in [0.29, 0.717) is 5.75 Å². The van der Waals surface area contributed by atoms with Crippen LogP contribution in [-0.4, -0.2) is 12.0 Å². The van der Waals surface area contributed by atoms with Crippen molar-refractivity contribution in [3.63, 3.8) is 0 Å². The zero-order valence-corrected chi connectivity index (χ0v) is 13.5. The van der Waals surface area contributed by atoms with E-state index in [9.17, 15) is 4.79 Å². The fraction of sp³-hybridized carbons (Fsp3) is 0.188. The molecular formula is C16H16INO2. The van der Waals surface area contributed by atoms with Crippen molar-refractivity contribution in [3.8, 4) is 5.75 Å². The van der Waals surface area contributed by atoms with Crippen LogP contribution in [-0.2, 0) is 4.79 Å². The molecule has 0 unspecified atom stereocenters. The van der Waals surface area contributed by atoms with Crippen LogP contribution >= 0.6 is 22.6 Å². The van der Waals surface area contributed by atoms with Gasteiger partial charge < -0.3 is 10.1 Å². The van der Waals surface area contributed by atoms with Crippen LogP contribution in [0.1, 0.15) is 12.5 Å². The third kappa shape index (κ3) is 4.23. The topological polar surface area (TPSA) is 38.3 Å². The molecule has 1 atom stereocenters. The van der Waals surface area contributed by atoms with Crippen molar-refractivity contribution >= 4 is 34.2 Å². The second-order valence-electron chi connectivity index (χ2n) is 4.57. The van der Waals surface area contributed by atoms with Gasteiger partial charge >= 0.3 is 0 Å². The van der Waals surface area contributed by atoms with Crippen LogP contribution in [0.15, 0.2) is 48.5 Å². The number of halogens is 1. The summed E-state index contributed by atoms with van der Waals surface area (Å²) in [4.78, 5) is 12.0. The lowest BCUT2D eigenvalue weighted by atomic mass is 10.2. The Morgan fingerprint density at radius 2 is 1.70 bits per heavy atom. The zero-order chi connectivity index (χ0) is 14.5. The van der Waals surface area contributed by atoms with Crippen molar-refractivity contribution in [2.75, 3.05) is 5.32 Å². The van der Waals surface area contributed by atoms with Crippen LogP contribution in [0.2, 0.25) is 0 Å². The molecule has 1 N–H and O–H groups in total. The minimum absolute atomic E-state index is 0.160. The monoisotopic (exact) mass is 381 g/mol. The van der Waals surface area contributed by atoms with Gasteiger partial charge in [0.05, 0.1) is 0 Å². The van der Waals surface area contributed by atoms with E-state index in [2.05, 4.69) is 27.9 Å². The molecule has 4 heteroatoms. The Labute approximate surface area is 132 Å². The highest BCUT2D eigenvalue weighted by atomic mass is 127. The Hall–Kier alpha value is -1.56. The molecule has 0 spiro atoms. The van der Waals surface area contributed by atoms with Gasteiger partial charge in [0, 0.05) is 9.26 Å². The average Bonchev–Trinajstić information content (AvgIpc) is 2.44. The van der Waals surface area contributed by atoms with Crippen molar-refractivity contribution in [1.82, 2.24) is 0 Å². The lowest BCUT2D eigenvalue weighted by molar-refractivity contribution is -0.122. The summed E-state index contributed by atoms with van der Waals surface area (Å²) in [5, 5.41) is 2.83. The molecule has 0 bridgehead atoms. The third-order valence-electron chi connectivity index (χ3n) is 2.81. The van der Waals surface area contributed by atoms with Crippen molar-refractivity contribution in [2.24, 2.45) is 0 Å². The van der Waals surface area contributed by atoms with E-state index >= 15 is 0 Å². The first-order valence-electron chi connectivity index (χ1n) is 6.34. The summed E-state index contributed by atoms with van der Waals surface area (Å²) in [6.07, 6.45) is -0.544.